The molecule has 4 rings (SSSR count). The van der Waals surface area contributed by atoms with Crippen LogP contribution in [-0.4, -0.2) is 62.5 Å². The summed E-state index contributed by atoms with van der Waals surface area (Å²) in [6.45, 7) is 2.90. The van der Waals surface area contributed by atoms with Crippen molar-refractivity contribution in [3.05, 3.63) is 57.8 Å². The standard InChI is InChI=1S/C20H20N4O5/c1-12-15(16-17(29-12)21-11-22(2)19(16)27)20(28)24-9-7-23(8-10-24)18(26)13-5-3-4-6-14(13)25/h3-6,11,25H,7-10H2,1-2H3. The van der Waals surface area contributed by atoms with Crippen molar-refractivity contribution < 1.29 is 19.1 Å². The molecule has 2 aromatic heterocycles. The zero-order valence-electron chi connectivity index (χ0n) is 16.1. The van der Waals surface area contributed by atoms with Gasteiger partial charge in [0.15, 0.2) is 0 Å². The lowest BCUT2D eigenvalue weighted by molar-refractivity contribution is 0.0533. The summed E-state index contributed by atoms with van der Waals surface area (Å²) in [6.07, 6.45) is 1.35. The SMILES string of the molecule is Cc1oc2ncn(C)c(=O)c2c1C(=O)N1CCN(C(=O)c2ccccc2O)CC1. The quantitative estimate of drug-likeness (QED) is 0.696. The Morgan fingerprint density at radius 2 is 1.69 bits per heavy atom. The van der Waals surface area contributed by atoms with Crippen molar-refractivity contribution in [3.8, 4) is 5.75 Å². The van der Waals surface area contributed by atoms with E-state index in [2.05, 4.69) is 4.98 Å². The lowest BCUT2D eigenvalue weighted by Crippen LogP contribution is -2.50. The van der Waals surface area contributed by atoms with E-state index in [0.29, 0.717) is 31.9 Å². The number of aryl methyl sites for hydroxylation is 2. The Hall–Kier alpha value is -3.62. The number of phenols is 1. The van der Waals surface area contributed by atoms with E-state index in [-0.39, 0.29) is 45.3 Å². The van der Waals surface area contributed by atoms with Crippen LogP contribution in [0.5, 0.6) is 5.75 Å². The maximum absolute atomic E-state index is 13.1. The first kappa shape index (κ1) is 18.7. The molecule has 1 fully saturated rings. The number of hydrogen-bond donors (Lipinski definition) is 1. The molecular weight excluding hydrogens is 376 g/mol. The number of amides is 2. The zero-order chi connectivity index (χ0) is 20.7. The van der Waals surface area contributed by atoms with Gasteiger partial charge in [-0.15, -0.1) is 0 Å². The van der Waals surface area contributed by atoms with E-state index in [1.165, 1.54) is 17.0 Å². The van der Waals surface area contributed by atoms with Crippen molar-refractivity contribution in [2.24, 2.45) is 7.05 Å². The minimum absolute atomic E-state index is 0.0696. The molecule has 1 aromatic carbocycles. The second-order valence-electron chi connectivity index (χ2n) is 6.98. The summed E-state index contributed by atoms with van der Waals surface area (Å²) in [5.74, 6) is -0.326. The molecule has 0 aliphatic carbocycles. The summed E-state index contributed by atoms with van der Waals surface area (Å²) < 4.78 is 6.82. The van der Waals surface area contributed by atoms with Gasteiger partial charge in [-0.05, 0) is 19.1 Å². The number of carbonyl (C=O) groups is 2. The van der Waals surface area contributed by atoms with Crippen molar-refractivity contribution in [2.45, 2.75) is 6.92 Å². The van der Waals surface area contributed by atoms with E-state index in [4.69, 9.17) is 4.42 Å². The number of piperazine rings is 1. The Kier molecular flexibility index (Phi) is 4.57. The van der Waals surface area contributed by atoms with Crippen molar-refractivity contribution >= 4 is 22.9 Å². The minimum Gasteiger partial charge on any atom is -0.507 e. The van der Waals surface area contributed by atoms with Crippen molar-refractivity contribution in [1.82, 2.24) is 19.4 Å². The summed E-state index contributed by atoms with van der Waals surface area (Å²) in [5.41, 5.74) is 0.249. The van der Waals surface area contributed by atoms with E-state index in [9.17, 15) is 19.5 Å². The van der Waals surface area contributed by atoms with Gasteiger partial charge in [0, 0.05) is 33.2 Å². The third kappa shape index (κ3) is 3.14. The van der Waals surface area contributed by atoms with Gasteiger partial charge in [0.25, 0.3) is 17.4 Å². The van der Waals surface area contributed by atoms with E-state index in [0.717, 1.165) is 0 Å². The molecule has 9 heteroatoms. The van der Waals surface area contributed by atoms with Crippen LogP contribution in [0, 0.1) is 6.92 Å². The van der Waals surface area contributed by atoms with Gasteiger partial charge in [-0.1, -0.05) is 12.1 Å². The van der Waals surface area contributed by atoms with Crippen LogP contribution in [0.3, 0.4) is 0 Å². The van der Waals surface area contributed by atoms with Crippen LogP contribution in [-0.2, 0) is 7.05 Å². The Morgan fingerprint density at radius 1 is 1.07 bits per heavy atom. The summed E-state index contributed by atoms with van der Waals surface area (Å²) >= 11 is 0. The number of aromatic nitrogens is 2. The second-order valence-corrected chi connectivity index (χ2v) is 6.98. The van der Waals surface area contributed by atoms with Gasteiger partial charge < -0.3 is 23.9 Å². The molecule has 150 valence electrons. The molecule has 0 spiro atoms. The van der Waals surface area contributed by atoms with E-state index < -0.39 is 0 Å². The molecule has 0 unspecified atom stereocenters. The number of carbonyl (C=O) groups excluding carboxylic acids is 2. The highest BCUT2D eigenvalue weighted by molar-refractivity contribution is 6.06. The molecule has 1 saturated heterocycles. The Morgan fingerprint density at radius 3 is 2.34 bits per heavy atom. The van der Waals surface area contributed by atoms with Crippen LogP contribution in [0.2, 0.25) is 0 Å². The lowest BCUT2D eigenvalue weighted by atomic mass is 10.1. The molecule has 1 N–H and O–H groups in total. The first-order chi connectivity index (χ1) is 13.9. The number of phenolic OH excluding ortho intramolecular Hbond substituents is 1. The highest BCUT2D eigenvalue weighted by Crippen LogP contribution is 2.24. The maximum Gasteiger partial charge on any atom is 0.265 e. The smallest absolute Gasteiger partial charge is 0.265 e. The predicted molar refractivity (Wildman–Crippen MR) is 104 cm³/mol. The third-order valence-corrected chi connectivity index (χ3v) is 5.15. The van der Waals surface area contributed by atoms with Gasteiger partial charge in [-0.3, -0.25) is 14.4 Å². The summed E-state index contributed by atoms with van der Waals surface area (Å²) in [5, 5.41) is 10.1. The molecule has 29 heavy (non-hydrogen) atoms. The number of hydrogen-bond acceptors (Lipinski definition) is 6. The van der Waals surface area contributed by atoms with Gasteiger partial charge in [0.2, 0.25) is 5.71 Å². The average molecular weight is 396 g/mol. The first-order valence-electron chi connectivity index (χ1n) is 9.19. The fourth-order valence-electron chi connectivity index (χ4n) is 3.54. The van der Waals surface area contributed by atoms with Crippen LogP contribution in [0.15, 0.2) is 39.8 Å². The summed E-state index contributed by atoms with van der Waals surface area (Å²) in [7, 11) is 1.56. The molecule has 2 amide bonds. The number of fused-ring (bicyclic) bond motifs is 1. The molecule has 0 saturated carbocycles. The summed E-state index contributed by atoms with van der Waals surface area (Å²) in [4.78, 5) is 45.5. The Balaban J connectivity index is 1.55. The van der Waals surface area contributed by atoms with Crippen LogP contribution in [0.25, 0.3) is 11.1 Å². The van der Waals surface area contributed by atoms with Crippen LogP contribution in [0.4, 0.5) is 0 Å². The van der Waals surface area contributed by atoms with Crippen LogP contribution < -0.4 is 5.56 Å². The fourth-order valence-corrected chi connectivity index (χ4v) is 3.54. The minimum atomic E-state index is -0.344. The number of benzene rings is 1. The van der Waals surface area contributed by atoms with Crippen molar-refractivity contribution in [1.29, 1.82) is 0 Å². The van der Waals surface area contributed by atoms with Crippen LogP contribution >= 0.6 is 0 Å². The Labute approximate surface area is 165 Å². The number of rotatable bonds is 2. The molecule has 3 heterocycles. The molecule has 0 bridgehead atoms. The molecular formula is C20H20N4O5. The maximum atomic E-state index is 13.1. The second kappa shape index (κ2) is 7.08. The normalized spacial score (nSPS) is 14.4. The monoisotopic (exact) mass is 396 g/mol. The van der Waals surface area contributed by atoms with Gasteiger partial charge in [0.05, 0.1) is 11.1 Å². The molecule has 1 aliphatic rings. The number of nitrogens with zero attached hydrogens (tertiary/aromatic N) is 4. The predicted octanol–water partition coefficient (Wildman–Crippen LogP) is 1.14. The highest BCUT2D eigenvalue weighted by Gasteiger charge is 2.30. The van der Waals surface area contributed by atoms with Gasteiger partial charge in [0.1, 0.15) is 23.2 Å². The molecule has 0 radical (unpaired) electrons. The van der Waals surface area contributed by atoms with Crippen molar-refractivity contribution in [3.63, 3.8) is 0 Å². The highest BCUT2D eigenvalue weighted by atomic mass is 16.3. The first-order valence-corrected chi connectivity index (χ1v) is 9.19. The van der Waals surface area contributed by atoms with E-state index in [1.54, 1.807) is 42.0 Å². The number of aromatic hydroxyl groups is 1. The molecule has 3 aromatic rings. The lowest BCUT2D eigenvalue weighted by Gasteiger charge is -2.34. The Bertz CT molecular complexity index is 1170. The van der Waals surface area contributed by atoms with Crippen LogP contribution in [0.1, 0.15) is 26.5 Å². The number of furan rings is 1. The average Bonchev–Trinajstić information content (AvgIpc) is 3.07. The fraction of sp³-hybridized carbons (Fsp3) is 0.300. The largest absolute Gasteiger partial charge is 0.507 e. The third-order valence-electron chi connectivity index (χ3n) is 5.15. The van der Waals surface area contributed by atoms with Gasteiger partial charge in [-0.25, -0.2) is 4.98 Å². The van der Waals surface area contributed by atoms with E-state index >= 15 is 0 Å². The molecule has 1 aliphatic heterocycles. The van der Waals surface area contributed by atoms with Crippen molar-refractivity contribution in [2.75, 3.05) is 26.2 Å². The summed E-state index contributed by atoms with van der Waals surface area (Å²) in [6, 6.07) is 6.38. The molecule has 0 atom stereocenters. The topological polar surface area (TPSA) is 109 Å². The number of para-hydroxylation sites is 1. The van der Waals surface area contributed by atoms with E-state index in [1.807, 2.05) is 0 Å². The zero-order valence-corrected chi connectivity index (χ0v) is 16.1. The van der Waals surface area contributed by atoms with Gasteiger partial charge >= 0.3 is 0 Å². The van der Waals surface area contributed by atoms with Gasteiger partial charge in [-0.2, -0.15) is 0 Å². The molecule has 9 nitrogen and oxygen atoms in total.